The van der Waals surface area contributed by atoms with E-state index >= 15 is 0 Å². The Balaban J connectivity index is 0.000000847. The number of pyridine rings is 1. The number of carbonyl (C=O) groups is 1. The van der Waals surface area contributed by atoms with Crippen molar-refractivity contribution in [1.82, 2.24) is 14.6 Å². The van der Waals surface area contributed by atoms with E-state index in [4.69, 9.17) is 0 Å². The van der Waals surface area contributed by atoms with Crippen LogP contribution in [0.3, 0.4) is 0 Å². The van der Waals surface area contributed by atoms with Crippen LogP contribution < -0.4 is 4.90 Å². The third kappa shape index (κ3) is 3.11. The highest BCUT2D eigenvalue weighted by Gasteiger charge is 2.39. The number of carbonyl (C=O) groups excluding carboxylic acids is 1. The zero-order valence-corrected chi connectivity index (χ0v) is 15.8. The van der Waals surface area contributed by atoms with Gasteiger partial charge in [-0.2, -0.15) is 0 Å². The lowest BCUT2D eigenvalue weighted by molar-refractivity contribution is 0.109. The van der Waals surface area contributed by atoms with Crippen LogP contribution in [0.5, 0.6) is 0 Å². The molecule has 3 rings (SSSR count). The van der Waals surface area contributed by atoms with E-state index in [1.54, 1.807) is 27.1 Å². The van der Waals surface area contributed by atoms with Gasteiger partial charge in [-0.1, -0.05) is 27.7 Å². The number of rotatable bonds is 4. The van der Waals surface area contributed by atoms with E-state index < -0.39 is 0 Å². The zero-order valence-electron chi connectivity index (χ0n) is 13.6. The quantitative estimate of drug-likeness (QED) is 0.562. The molecule has 0 atom stereocenters. The smallest absolute Gasteiger partial charge is 0.261 e. The molecule has 0 saturated carbocycles. The van der Waals surface area contributed by atoms with Gasteiger partial charge in [0.15, 0.2) is 5.65 Å². The van der Waals surface area contributed by atoms with E-state index in [-0.39, 0.29) is 9.61 Å². The number of anilines is 1. The zero-order chi connectivity index (χ0) is 16.3. The largest absolute Gasteiger partial charge is 0.369 e. The number of halogens is 1. The molecule has 1 aliphatic heterocycles. The molecule has 2 aromatic heterocycles. The summed E-state index contributed by atoms with van der Waals surface area (Å²) in [7, 11) is 0. The maximum atomic E-state index is 11.3. The van der Waals surface area contributed by atoms with E-state index in [9.17, 15) is 4.79 Å². The molecule has 0 aromatic carbocycles. The van der Waals surface area contributed by atoms with Gasteiger partial charge < -0.3 is 4.90 Å². The monoisotopic (exact) mass is 414 g/mol. The van der Waals surface area contributed by atoms with Crippen LogP contribution in [0.15, 0.2) is 18.3 Å². The summed E-state index contributed by atoms with van der Waals surface area (Å²) in [5, 5.41) is 4.21. The molecule has 3 heterocycles. The second-order valence-corrected chi connectivity index (χ2v) is 6.44. The maximum Gasteiger partial charge on any atom is 0.261 e. The van der Waals surface area contributed by atoms with E-state index in [2.05, 4.69) is 34.9 Å². The molecule has 0 N–H and O–H groups in total. The van der Waals surface area contributed by atoms with E-state index in [0.717, 1.165) is 18.8 Å². The third-order valence-corrected chi connectivity index (χ3v) is 4.89. The van der Waals surface area contributed by atoms with Crippen LogP contribution in [0.4, 0.5) is 5.69 Å². The van der Waals surface area contributed by atoms with Gasteiger partial charge in [0.2, 0.25) is 5.82 Å². The first-order valence-electron chi connectivity index (χ1n) is 7.88. The first kappa shape index (κ1) is 17.2. The number of hydrogen-bond acceptors (Lipinski definition) is 4. The van der Waals surface area contributed by atoms with Gasteiger partial charge >= 0.3 is 0 Å². The van der Waals surface area contributed by atoms with Crippen LogP contribution in [0, 0.1) is 5.41 Å². The fraction of sp³-hybridized carbons (Fsp3) is 0.562. The SMILES string of the molecule is CC.CCC1(CC)CN(c2ccc3nc(C(=O)I)nn3c2)C1. The van der Waals surface area contributed by atoms with E-state index in [1.807, 2.05) is 26.1 Å². The summed E-state index contributed by atoms with van der Waals surface area (Å²) in [6.45, 7) is 10.7. The Hall–Kier alpha value is -1.18. The minimum atomic E-state index is -0.132. The molecular formula is C16H23IN4O. The summed E-state index contributed by atoms with van der Waals surface area (Å²) >= 11 is 1.71. The molecule has 1 saturated heterocycles. The summed E-state index contributed by atoms with van der Waals surface area (Å²) in [4.78, 5) is 17.9. The predicted molar refractivity (Wildman–Crippen MR) is 97.9 cm³/mol. The van der Waals surface area contributed by atoms with Gasteiger partial charge in [-0.05, 0) is 25.0 Å². The minimum Gasteiger partial charge on any atom is -0.369 e. The molecule has 22 heavy (non-hydrogen) atoms. The Morgan fingerprint density at radius 1 is 1.27 bits per heavy atom. The molecule has 5 nitrogen and oxygen atoms in total. The molecular weight excluding hydrogens is 391 g/mol. The summed E-state index contributed by atoms with van der Waals surface area (Å²) in [6.07, 6.45) is 4.40. The topological polar surface area (TPSA) is 50.5 Å². The molecule has 0 unspecified atom stereocenters. The minimum absolute atomic E-state index is 0.132. The molecule has 0 bridgehead atoms. The van der Waals surface area contributed by atoms with Crippen molar-refractivity contribution in [1.29, 1.82) is 0 Å². The van der Waals surface area contributed by atoms with Crippen molar-refractivity contribution in [3.05, 3.63) is 24.2 Å². The second kappa shape index (κ2) is 6.93. The third-order valence-electron chi connectivity index (χ3n) is 4.41. The number of aromatic nitrogens is 3. The van der Waals surface area contributed by atoms with E-state index in [0.29, 0.717) is 11.1 Å². The van der Waals surface area contributed by atoms with Gasteiger partial charge in [0.05, 0.1) is 11.9 Å². The molecule has 2 aromatic rings. The molecule has 0 amide bonds. The Kier molecular flexibility index (Phi) is 5.41. The van der Waals surface area contributed by atoms with Crippen molar-refractivity contribution in [3.8, 4) is 0 Å². The van der Waals surface area contributed by atoms with Crippen LogP contribution in [-0.2, 0) is 0 Å². The number of fused-ring (bicyclic) bond motifs is 1. The number of nitrogens with zero attached hydrogens (tertiary/aromatic N) is 4. The summed E-state index contributed by atoms with van der Waals surface area (Å²) < 4.78 is 1.56. The lowest BCUT2D eigenvalue weighted by atomic mass is 9.75. The highest BCUT2D eigenvalue weighted by molar-refractivity contribution is 14.1. The Morgan fingerprint density at radius 3 is 2.45 bits per heavy atom. The molecule has 0 radical (unpaired) electrons. The maximum absolute atomic E-state index is 11.3. The normalized spacial score (nSPS) is 16.0. The van der Waals surface area contributed by atoms with Crippen molar-refractivity contribution < 1.29 is 4.79 Å². The van der Waals surface area contributed by atoms with Crippen LogP contribution in [0.2, 0.25) is 0 Å². The Morgan fingerprint density at radius 2 is 1.91 bits per heavy atom. The second-order valence-electron chi connectivity index (χ2n) is 5.46. The Labute approximate surface area is 145 Å². The summed E-state index contributed by atoms with van der Waals surface area (Å²) in [5.41, 5.74) is 2.33. The lowest BCUT2D eigenvalue weighted by Crippen LogP contribution is -2.56. The summed E-state index contributed by atoms with van der Waals surface area (Å²) in [6, 6.07) is 3.98. The molecule has 0 spiro atoms. The van der Waals surface area contributed by atoms with Crippen LogP contribution in [0.25, 0.3) is 5.65 Å². The van der Waals surface area contributed by atoms with E-state index in [1.165, 1.54) is 12.8 Å². The standard InChI is InChI=1S/C14H17IN4O.C2H6/c1-3-14(4-2)8-18(9-14)10-5-6-11-16-13(12(15)20)17-19(11)7-10;1-2/h5-7H,3-4,8-9H2,1-2H3;1-2H3. The van der Waals surface area contributed by atoms with Crippen molar-refractivity contribution in [2.45, 2.75) is 40.5 Å². The fourth-order valence-electron chi connectivity index (χ4n) is 2.79. The van der Waals surface area contributed by atoms with Crippen molar-refractivity contribution >= 4 is 37.7 Å². The predicted octanol–water partition coefficient (Wildman–Crippen LogP) is 3.96. The van der Waals surface area contributed by atoms with Crippen molar-refractivity contribution in [3.63, 3.8) is 0 Å². The van der Waals surface area contributed by atoms with Crippen molar-refractivity contribution in [2.24, 2.45) is 5.41 Å². The molecule has 1 aliphatic rings. The van der Waals surface area contributed by atoms with Gasteiger partial charge in [0.25, 0.3) is 3.79 Å². The average Bonchev–Trinajstić information content (AvgIpc) is 2.93. The molecule has 1 fully saturated rings. The first-order valence-corrected chi connectivity index (χ1v) is 8.96. The number of hydrogen-bond donors (Lipinski definition) is 0. The first-order chi connectivity index (χ1) is 10.6. The summed E-state index contributed by atoms with van der Waals surface area (Å²) in [5.74, 6) is 0.267. The van der Waals surface area contributed by atoms with Crippen LogP contribution in [-0.4, -0.2) is 31.5 Å². The van der Waals surface area contributed by atoms with Gasteiger partial charge in [0.1, 0.15) is 0 Å². The van der Waals surface area contributed by atoms with Gasteiger partial charge in [-0.15, -0.1) is 5.10 Å². The highest BCUT2D eigenvalue weighted by atomic mass is 127. The van der Waals surface area contributed by atoms with Gasteiger partial charge in [-0.3, -0.25) is 4.79 Å². The Bertz CT molecular complexity index is 655. The molecule has 120 valence electrons. The van der Waals surface area contributed by atoms with Crippen LogP contribution in [0.1, 0.15) is 51.2 Å². The molecule has 0 aliphatic carbocycles. The van der Waals surface area contributed by atoms with Gasteiger partial charge in [0, 0.05) is 41.1 Å². The van der Waals surface area contributed by atoms with Crippen molar-refractivity contribution in [2.75, 3.05) is 18.0 Å². The highest BCUT2D eigenvalue weighted by Crippen LogP contribution is 2.39. The molecule has 6 heteroatoms. The fourth-order valence-corrected chi connectivity index (χ4v) is 3.01. The average molecular weight is 414 g/mol. The van der Waals surface area contributed by atoms with Crippen LogP contribution >= 0.6 is 22.6 Å². The lowest BCUT2D eigenvalue weighted by Gasteiger charge is -2.51. The van der Waals surface area contributed by atoms with Gasteiger partial charge in [-0.25, -0.2) is 9.50 Å².